The predicted molar refractivity (Wildman–Crippen MR) is 90.2 cm³/mol. The minimum absolute atomic E-state index is 0.0708. The number of piperidine rings is 1. The van der Waals surface area contributed by atoms with Crippen molar-refractivity contribution in [1.29, 1.82) is 0 Å². The monoisotopic (exact) mass is 370 g/mol. The van der Waals surface area contributed by atoms with Crippen molar-refractivity contribution >= 4 is 21.8 Å². The van der Waals surface area contributed by atoms with Gasteiger partial charge in [-0.3, -0.25) is 4.79 Å². The van der Waals surface area contributed by atoms with Crippen molar-refractivity contribution in [3.8, 4) is 0 Å². The molecule has 1 aliphatic rings. The molecule has 1 fully saturated rings. The molecule has 1 saturated heterocycles. The van der Waals surface area contributed by atoms with E-state index < -0.39 is 0 Å². The Bertz CT molecular complexity index is 503. The molecule has 0 spiro atoms. The lowest BCUT2D eigenvalue weighted by molar-refractivity contribution is -0.122. The molecular weight excluding hydrogens is 347 g/mol. The molecule has 0 saturated carbocycles. The topological polar surface area (TPSA) is 41.1 Å². The van der Waals surface area contributed by atoms with Crippen molar-refractivity contribution in [2.24, 2.45) is 11.8 Å². The Morgan fingerprint density at radius 2 is 2.18 bits per heavy atom. The van der Waals surface area contributed by atoms with Crippen molar-refractivity contribution in [1.82, 2.24) is 10.6 Å². The van der Waals surface area contributed by atoms with Crippen molar-refractivity contribution < 1.29 is 9.18 Å². The molecule has 2 rings (SSSR count). The molecule has 22 heavy (non-hydrogen) atoms. The summed E-state index contributed by atoms with van der Waals surface area (Å²) in [6.07, 6.45) is 3.37. The predicted octanol–water partition coefficient (Wildman–Crippen LogP) is 3.27. The Balaban J connectivity index is 1.72. The van der Waals surface area contributed by atoms with Gasteiger partial charge in [-0.25, -0.2) is 4.39 Å². The SMILES string of the molecule is CC(CC(=O)NCCc1cc(Br)ccc1F)C1CCNCC1. The molecule has 1 atom stereocenters. The van der Waals surface area contributed by atoms with E-state index in [2.05, 4.69) is 33.5 Å². The van der Waals surface area contributed by atoms with Gasteiger partial charge < -0.3 is 10.6 Å². The van der Waals surface area contributed by atoms with E-state index in [0.717, 1.165) is 30.4 Å². The van der Waals surface area contributed by atoms with Crippen LogP contribution in [0.5, 0.6) is 0 Å². The van der Waals surface area contributed by atoms with Crippen molar-refractivity contribution in [3.05, 3.63) is 34.1 Å². The number of hydrogen-bond acceptors (Lipinski definition) is 2. The van der Waals surface area contributed by atoms with E-state index in [1.54, 1.807) is 12.1 Å². The maximum Gasteiger partial charge on any atom is 0.220 e. The number of nitrogens with one attached hydrogen (secondary N) is 2. The van der Waals surface area contributed by atoms with Crippen LogP contribution >= 0.6 is 15.9 Å². The van der Waals surface area contributed by atoms with Gasteiger partial charge in [-0.2, -0.15) is 0 Å². The molecule has 2 N–H and O–H groups in total. The normalized spacial score (nSPS) is 17.2. The van der Waals surface area contributed by atoms with Crippen LogP contribution in [0.3, 0.4) is 0 Å². The number of benzene rings is 1. The minimum atomic E-state index is -0.222. The standard InChI is InChI=1S/C17H24BrFN2O/c1-12(13-4-7-20-8-5-13)10-17(22)21-9-6-14-11-15(18)2-3-16(14)19/h2-3,11-13,20H,4-10H2,1H3,(H,21,22). The van der Waals surface area contributed by atoms with E-state index in [0.29, 0.717) is 36.8 Å². The summed E-state index contributed by atoms with van der Waals surface area (Å²) in [4.78, 5) is 12.0. The van der Waals surface area contributed by atoms with Crippen LogP contribution in [-0.4, -0.2) is 25.5 Å². The van der Waals surface area contributed by atoms with Gasteiger partial charge in [0.15, 0.2) is 0 Å². The first kappa shape index (κ1) is 17.4. The van der Waals surface area contributed by atoms with Crippen LogP contribution in [-0.2, 0) is 11.2 Å². The Labute approximate surface area is 140 Å². The molecule has 3 nitrogen and oxygen atoms in total. The van der Waals surface area contributed by atoms with Crippen LogP contribution < -0.4 is 10.6 Å². The van der Waals surface area contributed by atoms with E-state index in [9.17, 15) is 9.18 Å². The second-order valence-electron chi connectivity index (χ2n) is 6.10. The lowest BCUT2D eigenvalue weighted by Gasteiger charge is -2.27. The highest BCUT2D eigenvalue weighted by Crippen LogP contribution is 2.24. The Kier molecular flexibility index (Phi) is 6.83. The molecule has 122 valence electrons. The number of hydrogen-bond donors (Lipinski definition) is 2. The van der Waals surface area contributed by atoms with Gasteiger partial charge in [0.05, 0.1) is 0 Å². The van der Waals surface area contributed by atoms with Gasteiger partial charge in [0, 0.05) is 17.4 Å². The molecule has 1 heterocycles. The summed E-state index contributed by atoms with van der Waals surface area (Å²) in [5, 5.41) is 6.26. The van der Waals surface area contributed by atoms with E-state index in [4.69, 9.17) is 0 Å². The summed E-state index contributed by atoms with van der Waals surface area (Å²) < 4.78 is 14.5. The molecule has 0 radical (unpaired) electrons. The fourth-order valence-electron chi connectivity index (χ4n) is 3.02. The van der Waals surface area contributed by atoms with Crippen LogP contribution in [0.15, 0.2) is 22.7 Å². The summed E-state index contributed by atoms with van der Waals surface area (Å²) in [5.74, 6) is 0.890. The number of rotatable bonds is 6. The quantitative estimate of drug-likeness (QED) is 0.806. The van der Waals surface area contributed by atoms with Gasteiger partial charge in [-0.1, -0.05) is 22.9 Å². The van der Waals surface area contributed by atoms with Gasteiger partial charge in [0.2, 0.25) is 5.91 Å². The summed E-state index contributed by atoms with van der Waals surface area (Å²) in [6, 6.07) is 4.89. The van der Waals surface area contributed by atoms with E-state index in [1.807, 2.05) is 0 Å². The van der Waals surface area contributed by atoms with Crippen molar-refractivity contribution in [2.75, 3.05) is 19.6 Å². The van der Waals surface area contributed by atoms with E-state index in [1.165, 1.54) is 6.07 Å². The molecule has 5 heteroatoms. The van der Waals surface area contributed by atoms with Gasteiger partial charge >= 0.3 is 0 Å². The second-order valence-corrected chi connectivity index (χ2v) is 7.02. The van der Waals surface area contributed by atoms with Gasteiger partial charge in [0.25, 0.3) is 0 Å². The highest BCUT2D eigenvalue weighted by molar-refractivity contribution is 9.10. The first-order valence-electron chi connectivity index (χ1n) is 7.97. The average molecular weight is 371 g/mol. The molecule has 0 aromatic heterocycles. The maximum absolute atomic E-state index is 13.6. The number of carbonyl (C=O) groups is 1. The Hall–Kier alpha value is -0.940. The van der Waals surface area contributed by atoms with Crippen LogP contribution in [0.4, 0.5) is 4.39 Å². The van der Waals surface area contributed by atoms with Gasteiger partial charge in [0.1, 0.15) is 5.82 Å². The zero-order valence-electron chi connectivity index (χ0n) is 13.0. The van der Waals surface area contributed by atoms with Crippen molar-refractivity contribution in [3.63, 3.8) is 0 Å². The third-order valence-electron chi connectivity index (χ3n) is 4.42. The number of carbonyl (C=O) groups excluding carboxylic acids is 1. The fourth-order valence-corrected chi connectivity index (χ4v) is 3.42. The van der Waals surface area contributed by atoms with Crippen LogP contribution in [0, 0.1) is 17.7 Å². The first-order chi connectivity index (χ1) is 10.6. The molecule has 1 amide bonds. The first-order valence-corrected chi connectivity index (χ1v) is 8.77. The van der Waals surface area contributed by atoms with Gasteiger partial charge in [-0.15, -0.1) is 0 Å². The zero-order chi connectivity index (χ0) is 15.9. The smallest absolute Gasteiger partial charge is 0.220 e. The number of halogens is 2. The summed E-state index contributed by atoms with van der Waals surface area (Å²) in [5.41, 5.74) is 0.626. The maximum atomic E-state index is 13.6. The van der Waals surface area contributed by atoms with Crippen LogP contribution in [0.25, 0.3) is 0 Å². The lowest BCUT2D eigenvalue weighted by Crippen LogP contribution is -2.34. The zero-order valence-corrected chi connectivity index (χ0v) is 14.6. The third-order valence-corrected chi connectivity index (χ3v) is 4.91. The average Bonchev–Trinajstić information content (AvgIpc) is 2.51. The van der Waals surface area contributed by atoms with Crippen LogP contribution in [0.2, 0.25) is 0 Å². The number of amides is 1. The third kappa shape index (κ3) is 5.36. The largest absolute Gasteiger partial charge is 0.356 e. The highest BCUT2D eigenvalue weighted by atomic mass is 79.9. The summed E-state index contributed by atoms with van der Waals surface area (Å²) in [6.45, 7) is 4.74. The van der Waals surface area contributed by atoms with Crippen LogP contribution in [0.1, 0.15) is 31.7 Å². The van der Waals surface area contributed by atoms with E-state index >= 15 is 0 Å². The fraction of sp³-hybridized carbons (Fsp3) is 0.588. The molecule has 0 bridgehead atoms. The second kappa shape index (κ2) is 8.63. The summed E-state index contributed by atoms with van der Waals surface area (Å²) in [7, 11) is 0. The Morgan fingerprint density at radius 1 is 1.45 bits per heavy atom. The minimum Gasteiger partial charge on any atom is -0.356 e. The van der Waals surface area contributed by atoms with Gasteiger partial charge in [-0.05, 0) is 68.0 Å². The molecule has 1 unspecified atom stereocenters. The van der Waals surface area contributed by atoms with Crippen molar-refractivity contribution in [2.45, 2.75) is 32.6 Å². The Morgan fingerprint density at radius 3 is 2.91 bits per heavy atom. The summed E-state index contributed by atoms with van der Waals surface area (Å²) >= 11 is 3.33. The molecule has 1 aliphatic heterocycles. The molecular formula is C17H24BrFN2O. The molecule has 1 aromatic rings. The lowest BCUT2D eigenvalue weighted by atomic mass is 9.84. The molecule has 1 aromatic carbocycles. The van der Waals surface area contributed by atoms with E-state index in [-0.39, 0.29) is 11.7 Å². The molecule has 0 aliphatic carbocycles. The highest BCUT2D eigenvalue weighted by Gasteiger charge is 2.21.